The number of nitrogens with one attached hydrogen (secondary N) is 2. The van der Waals surface area contributed by atoms with Crippen molar-refractivity contribution in [3.05, 3.63) is 65.2 Å². The summed E-state index contributed by atoms with van der Waals surface area (Å²) in [6.45, 7) is 7.97. The molecule has 0 fully saturated rings. The Hall–Kier alpha value is -2.86. The molecule has 29 heavy (non-hydrogen) atoms. The van der Waals surface area contributed by atoms with Crippen LogP contribution in [0.25, 0.3) is 0 Å². The summed E-state index contributed by atoms with van der Waals surface area (Å²) in [5.41, 5.74) is 2.30. The number of hydrogen-bond acceptors (Lipinski definition) is 4. The molecule has 2 aromatic carbocycles. The Morgan fingerprint density at radius 2 is 1.62 bits per heavy atom. The van der Waals surface area contributed by atoms with Gasteiger partial charge < -0.3 is 20.5 Å². The van der Waals surface area contributed by atoms with Crippen molar-refractivity contribution in [2.24, 2.45) is 0 Å². The number of rotatable bonds is 7. The third kappa shape index (κ3) is 6.32. The highest BCUT2D eigenvalue weighted by atomic mass is 16.5. The first-order valence-electron chi connectivity index (χ1n) is 9.63. The maximum atomic E-state index is 12.4. The topological polar surface area (TPSA) is 87.7 Å². The normalized spacial score (nSPS) is 13.3. The zero-order chi connectivity index (χ0) is 21.6. The third-order valence-corrected chi connectivity index (χ3v) is 4.72. The Bertz CT molecular complexity index is 823. The predicted octanol–water partition coefficient (Wildman–Crippen LogP) is 2.96. The van der Waals surface area contributed by atoms with Crippen LogP contribution in [-0.2, 0) is 10.2 Å². The van der Waals surface area contributed by atoms with Gasteiger partial charge in [0.15, 0.2) is 0 Å². The molecule has 156 valence electrons. The van der Waals surface area contributed by atoms with Crippen LogP contribution in [-0.4, -0.2) is 36.6 Å². The van der Waals surface area contributed by atoms with Crippen LogP contribution in [0.2, 0.25) is 0 Å². The molecule has 0 bridgehead atoms. The number of aliphatic hydroxyl groups excluding tert-OH is 1. The first-order chi connectivity index (χ1) is 13.6. The van der Waals surface area contributed by atoms with Crippen molar-refractivity contribution in [1.29, 1.82) is 0 Å². The van der Waals surface area contributed by atoms with Crippen LogP contribution in [0.5, 0.6) is 5.75 Å². The summed E-state index contributed by atoms with van der Waals surface area (Å²) in [5, 5.41) is 15.6. The van der Waals surface area contributed by atoms with E-state index in [0.717, 1.165) is 5.56 Å². The van der Waals surface area contributed by atoms with Gasteiger partial charge in [0.2, 0.25) is 5.91 Å². The molecular formula is C23H30N2O4. The molecule has 0 spiro atoms. The molecule has 0 aromatic heterocycles. The number of carbonyl (C=O) groups excluding carboxylic acids is 2. The van der Waals surface area contributed by atoms with Crippen molar-refractivity contribution >= 4 is 11.8 Å². The fourth-order valence-electron chi connectivity index (χ4n) is 2.76. The predicted molar refractivity (Wildman–Crippen MR) is 113 cm³/mol. The van der Waals surface area contributed by atoms with E-state index in [9.17, 15) is 14.7 Å². The van der Waals surface area contributed by atoms with Crippen LogP contribution >= 0.6 is 0 Å². The Labute approximate surface area is 172 Å². The zero-order valence-electron chi connectivity index (χ0n) is 17.7. The van der Waals surface area contributed by atoms with E-state index in [1.807, 2.05) is 12.1 Å². The molecule has 0 aliphatic rings. The molecule has 0 aliphatic heterocycles. The van der Waals surface area contributed by atoms with E-state index in [4.69, 9.17) is 4.74 Å². The highest BCUT2D eigenvalue weighted by Gasteiger charge is 2.19. The van der Waals surface area contributed by atoms with Gasteiger partial charge in [-0.2, -0.15) is 0 Å². The van der Waals surface area contributed by atoms with Gasteiger partial charge >= 0.3 is 0 Å². The minimum Gasteiger partial charge on any atom is -0.497 e. The third-order valence-electron chi connectivity index (χ3n) is 4.72. The van der Waals surface area contributed by atoms with E-state index < -0.39 is 12.1 Å². The summed E-state index contributed by atoms with van der Waals surface area (Å²) >= 11 is 0. The summed E-state index contributed by atoms with van der Waals surface area (Å²) in [5.74, 6) is 0.0119. The molecule has 0 heterocycles. The largest absolute Gasteiger partial charge is 0.497 e. The maximum Gasteiger partial charge on any atom is 0.251 e. The van der Waals surface area contributed by atoms with Gasteiger partial charge in [0.25, 0.3) is 5.91 Å². The zero-order valence-corrected chi connectivity index (χ0v) is 17.7. The number of carbonyl (C=O) groups is 2. The second kappa shape index (κ2) is 9.56. The number of hydrogen-bond donors (Lipinski definition) is 3. The maximum absolute atomic E-state index is 12.4. The molecule has 2 unspecified atom stereocenters. The lowest BCUT2D eigenvalue weighted by atomic mass is 9.86. The first-order valence-corrected chi connectivity index (χ1v) is 9.63. The van der Waals surface area contributed by atoms with Crippen LogP contribution in [0, 0.1) is 0 Å². The average molecular weight is 399 g/mol. The quantitative estimate of drug-likeness (QED) is 0.669. The number of benzene rings is 2. The molecule has 0 saturated heterocycles. The summed E-state index contributed by atoms with van der Waals surface area (Å²) in [6, 6.07) is 13.6. The van der Waals surface area contributed by atoms with Gasteiger partial charge in [0.05, 0.1) is 13.2 Å². The minimum atomic E-state index is -0.849. The molecule has 6 heteroatoms. The molecule has 2 atom stereocenters. The molecule has 6 nitrogen and oxygen atoms in total. The minimum absolute atomic E-state index is 0.00685. The van der Waals surface area contributed by atoms with Gasteiger partial charge in [-0.3, -0.25) is 9.59 Å². The number of ether oxygens (including phenoxy) is 1. The lowest BCUT2D eigenvalue weighted by molar-refractivity contribution is -0.123. The Balaban J connectivity index is 1.86. The molecule has 2 rings (SSSR count). The van der Waals surface area contributed by atoms with Gasteiger partial charge in [-0.25, -0.2) is 0 Å². The summed E-state index contributed by atoms with van der Waals surface area (Å²) < 4.78 is 5.08. The fourth-order valence-corrected chi connectivity index (χ4v) is 2.76. The van der Waals surface area contributed by atoms with E-state index in [1.165, 1.54) is 0 Å². The number of methoxy groups -OCH3 is 1. The van der Waals surface area contributed by atoms with Gasteiger partial charge in [-0.1, -0.05) is 45.0 Å². The Morgan fingerprint density at radius 3 is 2.14 bits per heavy atom. The van der Waals surface area contributed by atoms with Crippen LogP contribution < -0.4 is 15.4 Å². The van der Waals surface area contributed by atoms with E-state index in [0.29, 0.717) is 16.9 Å². The number of aliphatic hydroxyl groups is 1. The van der Waals surface area contributed by atoms with Gasteiger partial charge in [-0.15, -0.1) is 0 Å². The van der Waals surface area contributed by atoms with Crippen LogP contribution in [0.4, 0.5) is 0 Å². The highest BCUT2D eigenvalue weighted by Crippen LogP contribution is 2.22. The highest BCUT2D eigenvalue weighted by molar-refractivity contribution is 5.97. The standard InChI is InChI=1S/C23H30N2O4/c1-15(25-22(28)17-6-10-18(11-7-17)23(2,3)4)21(27)24-14-20(26)16-8-12-19(29-5)13-9-16/h6-13,15,20,26H,14H2,1-5H3,(H,24,27)(H,25,28). The van der Waals surface area contributed by atoms with Crippen molar-refractivity contribution in [2.45, 2.75) is 45.3 Å². The van der Waals surface area contributed by atoms with E-state index in [2.05, 4.69) is 31.4 Å². The molecule has 0 radical (unpaired) electrons. The Morgan fingerprint density at radius 1 is 1.03 bits per heavy atom. The van der Waals surface area contributed by atoms with Gasteiger partial charge in [0.1, 0.15) is 11.8 Å². The summed E-state index contributed by atoms with van der Waals surface area (Å²) in [4.78, 5) is 24.7. The molecule has 0 aliphatic carbocycles. The van der Waals surface area contributed by atoms with Crippen molar-refractivity contribution in [3.63, 3.8) is 0 Å². The molecular weight excluding hydrogens is 368 g/mol. The van der Waals surface area contributed by atoms with E-state index in [-0.39, 0.29) is 23.8 Å². The van der Waals surface area contributed by atoms with E-state index >= 15 is 0 Å². The monoisotopic (exact) mass is 398 g/mol. The smallest absolute Gasteiger partial charge is 0.251 e. The van der Waals surface area contributed by atoms with Crippen LogP contribution in [0.3, 0.4) is 0 Å². The first kappa shape index (κ1) is 22.4. The van der Waals surface area contributed by atoms with E-state index in [1.54, 1.807) is 50.4 Å². The lowest BCUT2D eigenvalue weighted by Gasteiger charge is -2.19. The SMILES string of the molecule is COc1ccc(C(O)CNC(=O)C(C)NC(=O)c2ccc(C(C)(C)C)cc2)cc1. The molecule has 2 aromatic rings. The fraction of sp³-hybridized carbons (Fsp3) is 0.391. The summed E-state index contributed by atoms with van der Waals surface area (Å²) in [7, 11) is 1.57. The second-order valence-corrected chi connectivity index (χ2v) is 8.06. The van der Waals surface area contributed by atoms with Crippen LogP contribution in [0.1, 0.15) is 55.3 Å². The van der Waals surface area contributed by atoms with Crippen LogP contribution in [0.15, 0.2) is 48.5 Å². The van der Waals surface area contributed by atoms with Crippen molar-refractivity contribution < 1.29 is 19.4 Å². The van der Waals surface area contributed by atoms with Gasteiger partial charge in [0, 0.05) is 12.1 Å². The molecule has 0 saturated carbocycles. The molecule has 2 amide bonds. The second-order valence-electron chi connectivity index (χ2n) is 8.06. The Kier molecular flexibility index (Phi) is 7.40. The number of amides is 2. The van der Waals surface area contributed by atoms with Crippen molar-refractivity contribution in [2.75, 3.05) is 13.7 Å². The van der Waals surface area contributed by atoms with Crippen molar-refractivity contribution in [1.82, 2.24) is 10.6 Å². The lowest BCUT2D eigenvalue weighted by Crippen LogP contribution is -2.45. The van der Waals surface area contributed by atoms with Crippen molar-refractivity contribution in [3.8, 4) is 5.75 Å². The summed E-state index contributed by atoms with van der Waals surface area (Å²) in [6.07, 6.45) is -0.849. The average Bonchev–Trinajstić information content (AvgIpc) is 2.71. The van der Waals surface area contributed by atoms with Gasteiger partial charge in [-0.05, 0) is 47.7 Å². The molecule has 3 N–H and O–H groups in total.